The number of nitrogens with zero attached hydrogens (tertiary/aromatic N) is 3. The lowest BCUT2D eigenvalue weighted by atomic mass is 10.2. The molecule has 2 rings (SSSR count). The standard InChI is InChI=1S/C12H19N3S/c1-3-4-5-6-10(2)16-12-14-13-9-15(12)11-7-8-11/h3,9-11H,1,4-8H2,2H3/t10-/m0/s1. The van der Waals surface area contributed by atoms with Crippen LogP contribution in [0.2, 0.25) is 0 Å². The summed E-state index contributed by atoms with van der Waals surface area (Å²) in [6.45, 7) is 6.01. The van der Waals surface area contributed by atoms with Crippen LogP contribution in [0.4, 0.5) is 0 Å². The predicted octanol–water partition coefficient (Wildman–Crippen LogP) is 3.45. The second-order valence-corrected chi connectivity index (χ2v) is 5.81. The van der Waals surface area contributed by atoms with Crippen LogP contribution in [0.1, 0.15) is 45.1 Å². The maximum atomic E-state index is 4.20. The van der Waals surface area contributed by atoms with Gasteiger partial charge in [-0.25, -0.2) is 0 Å². The number of hydrogen-bond donors (Lipinski definition) is 0. The molecule has 1 fully saturated rings. The van der Waals surface area contributed by atoms with Crippen molar-refractivity contribution in [2.45, 2.75) is 55.5 Å². The van der Waals surface area contributed by atoms with Gasteiger partial charge in [0, 0.05) is 11.3 Å². The summed E-state index contributed by atoms with van der Waals surface area (Å²) in [6, 6.07) is 0.679. The Bertz CT molecular complexity index is 344. The van der Waals surface area contributed by atoms with Gasteiger partial charge in [-0.05, 0) is 32.1 Å². The molecule has 1 aliphatic carbocycles. The highest BCUT2D eigenvalue weighted by Gasteiger charge is 2.26. The molecule has 1 aromatic rings. The van der Waals surface area contributed by atoms with Crippen LogP contribution in [0.25, 0.3) is 0 Å². The third-order valence-corrected chi connectivity index (χ3v) is 3.95. The van der Waals surface area contributed by atoms with E-state index in [-0.39, 0.29) is 0 Å². The highest BCUT2D eigenvalue weighted by Crippen LogP contribution is 2.38. The van der Waals surface area contributed by atoms with Gasteiger partial charge >= 0.3 is 0 Å². The first-order valence-corrected chi connectivity index (χ1v) is 6.86. The van der Waals surface area contributed by atoms with Crippen LogP contribution in [0.15, 0.2) is 24.1 Å². The molecule has 1 aliphatic rings. The van der Waals surface area contributed by atoms with Gasteiger partial charge in [0.2, 0.25) is 0 Å². The van der Waals surface area contributed by atoms with Crippen LogP contribution in [-0.4, -0.2) is 20.0 Å². The molecule has 1 aromatic heterocycles. The quantitative estimate of drug-likeness (QED) is 0.413. The van der Waals surface area contributed by atoms with Gasteiger partial charge in [-0.2, -0.15) is 0 Å². The highest BCUT2D eigenvalue weighted by molar-refractivity contribution is 7.99. The summed E-state index contributed by atoms with van der Waals surface area (Å²) < 4.78 is 2.23. The minimum atomic E-state index is 0.613. The summed E-state index contributed by atoms with van der Waals surface area (Å²) in [5, 5.41) is 9.91. The molecule has 0 spiro atoms. The lowest BCUT2D eigenvalue weighted by molar-refractivity contribution is 0.657. The molecule has 88 valence electrons. The van der Waals surface area contributed by atoms with Crippen molar-refractivity contribution in [2.75, 3.05) is 0 Å². The van der Waals surface area contributed by atoms with Gasteiger partial charge in [-0.1, -0.05) is 24.8 Å². The second-order valence-electron chi connectivity index (χ2n) is 4.40. The molecule has 4 heteroatoms. The molecule has 0 aromatic carbocycles. The Morgan fingerprint density at radius 2 is 2.50 bits per heavy atom. The lowest BCUT2D eigenvalue weighted by Gasteiger charge is -2.10. The van der Waals surface area contributed by atoms with Crippen molar-refractivity contribution in [3.8, 4) is 0 Å². The van der Waals surface area contributed by atoms with Gasteiger partial charge in [-0.3, -0.25) is 0 Å². The van der Waals surface area contributed by atoms with Gasteiger partial charge in [0.15, 0.2) is 5.16 Å². The topological polar surface area (TPSA) is 30.7 Å². The largest absolute Gasteiger partial charge is 0.306 e. The van der Waals surface area contributed by atoms with Crippen molar-refractivity contribution >= 4 is 11.8 Å². The Kier molecular flexibility index (Phi) is 4.04. The summed E-state index contributed by atoms with van der Waals surface area (Å²) in [5.74, 6) is 0. The molecule has 0 radical (unpaired) electrons. The van der Waals surface area contributed by atoms with Crippen molar-refractivity contribution in [3.63, 3.8) is 0 Å². The molecule has 0 N–H and O–H groups in total. The van der Waals surface area contributed by atoms with Crippen LogP contribution < -0.4 is 0 Å². The third kappa shape index (κ3) is 3.11. The van der Waals surface area contributed by atoms with E-state index in [1.165, 1.54) is 25.7 Å². The van der Waals surface area contributed by atoms with Crippen LogP contribution in [-0.2, 0) is 0 Å². The number of rotatable bonds is 7. The molecular formula is C12H19N3S. The molecule has 1 heterocycles. The van der Waals surface area contributed by atoms with Crippen LogP contribution in [0.5, 0.6) is 0 Å². The monoisotopic (exact) mass is 237 g/mol. The molecular weight excluding hydrogens is 218 g/mol. The molecule has 0 unspecified atom stereocenters. The average Bonchev–Trinajstić information content (AvgIpc) is 3.01. The van der Waals surface area contributed by atoms with Crippen molar-refractivity contribution in [2.24, 2.45) is 0 Å². The van der Waals surface area contributed by atoms with E-state index in [2.05, 4.69) is 28.3 Å². The van der Waals surface area contributed by atoms with Crippen LogP contribution >= 0.6 is 11.8 Å². The smallest absolute Gasteiger partial charge is 0.191 e. The Balaban J connectivity index is 1.82. The first-order valence-electron chi connectivity index (χ1n) is 5.98. The van der Waals surface area contributed by atoms with Gasteiger partial charge in [0.1, 0.15) is 6.33 Å². The Hall–Kier alpha value is -0.770. The SMILES string of the molecule is C=CCCC[C@H](C)Sc1nncn1C1CC1. The van der Waals surface area contributed by atoms with E-state index in [0.717, 1.165) is 11.6 Å². The Morgan fingerprint density at radius 3 is 3.19 bits per heavy atom. The molecule has 0 saturated heterocycles. The van der Waals surface area contributed by atoms with E-state index in [0.29, 0.717) is 11.3 Å². The fourth-order valence-electron chi connectivity index (χ4n) is 1.71. The number of unbranched alkanes of at least 4 members (excludes halogenated alkanes) is 1. The molecule has 1 atom stereocenters. The average molecular weight is 237 g/mol. The van der Waals surface area contributed by atoms with E-state index in [1.807, 2.05) is 24.2 Å². The summed E-state index contributed by atoms with van der Waals surface area (Å²) in [6.07, 6.45) is 9.98. The zero-order valence-corrected chi connectivity index (χ0v) is 10.6. The van der Waals surface area contributed by atoms with Crippen molar-refractivity contribution in [3.05, 3.63) is 19.0 Å². The van der Waals surface area contributed by atoms with Crippen LogP contribution in [0.3, 0.4) is 0 Å². The van der Waals surface area contributed by atoms with Gasteiger partial charge in [0.25, 0.3) is 0 Å². The number of hydrogen-bond acceptors (Lipinski definition) is 3. The van der Waals surface area contributed by atoms with Gasteiger partial charge < -0.3 is 4.57 Å². The van der Waals surface area contributed by atoms with Gasteiger partial charge in [-0.15, -0.1) is 16.8 Å². The summed E-state index contributed by atoms with van der Waals surface area (Å²) in [4.78, 5) is 0. The van der Waals surface area contributed by atoms with E-state index < -0.39 is 0 Å². The predicted molar refractivity (Wildman–Crippen MR) is 67.7 cm³/mol. The third-order valence-electron chi connectivity index (χ3n) is 2.81. The Morgan fingerprint density at radius 1 is 1.69 bits per heavy atom. The molecule has 1 saturated carbocycles. The van der Waals surface area contributed by atoms with E-state index in [9.17, 15) is 0 Å². The van der Waals surface area contributed by atoms with Crippen molar-refractivity contribution in [1.29, 1.82) is 0 Å². The fourth-order valence-corrected chi connectivity index (χ4v) is 2.76. The van der Waals surface area contributed by atoms with E-state index >= 15 is 0 Å². The van der Waals surface area contributed by atoms with Gasteiger partial charge in [0.05, 0.1) is 0 Å². The molecule has 0 aliphatic heterocycles. The first kappa shape index (κ1) is 11.7. The highest BCUT2D eigenvalue weighted by atomic mass is 32.2. The Labute approximate surface area is 101 Å². The molecule has 0 amide bonds. The minimum Gasteiger partial charge on any atom is -0.306 e. The number of aromatic nitrogens is 3. The summed E-state index contributed by atoms with van der Waals surface area (Å²) >= 11 is 1.85. The first-order chi connectivity index (χ1) is 7.81. The molecule has 16 heavy (non-hydrogen) atoms. The van der Waals surface area contributed by atoms with Crippen molar-refractivity contribution in [1.82, 2.24) is 14.8 Å². The summed E-state index contributed by atoms with van der Waals surface area (Å²) in [7, 11) is 0. The zero-order chi connectivity index (χ0) is 11.4. The maximum absolute atomic E-state index is 4.20. The number of thioether (sulfide) groups is 1. The fraction of sp³-hybridized carbons (Fsp3) is 0.667. The van der Waals surface area contributed by atoms with Crippen LogP contribution in [0, 0.1) is 0 Å². The zero-order valence-electron chi connectivity index (χ0n) is 9.80. The normalized spacial score (nSPS) is 17.3. The van der Waals surface area contributed by atoms with Crippen molar-refractivity contribution < 1.29 is 0 Å². The summed E-state index contributed by atoms with van der Waals surface area (Å²) in [5.41, 5.74) is 0. The maximum Gasteiger partial charge on any atom is 0.191 e. The van der Waals surface area contributed by atoms with E-state index in [4.69, 9.17) is 0 Å². The minimum absolute atomic E-state index is 0.613. The van der Waals surface area contributed by atoms with E-state index in [1.54, 1.807) is 0 Å². The lowest BCUT2D eigenvalue weighted by Crippen LogP contribution is -2.01. The molecule has 3 nitrogen and oxygen atoms in total. The number of allylic oxidation sites excluding steroid dienone is 1. The second kappa shape index (κ2) is 5.53. The molecule has 0 bridgehead atoms.